The molecule has 1 aromatic carbocycles. The molecule has 1 aromatic heterocycles. The minimum atomic E-state index is -0.953. The number of amides is 2. The Labute approximate surface area is 152 Å². The lowest BCUT2D eigenvalue weighted by Gasteiger charge is -2.30. The summed E-state index contributed by atoms with van der Waals surface area (Å²) in [5.74, 6) is -0.953. The van der Waals surface area contributed by atoms with Crippen molar-refractivity contribution >= 4 is 12.0 Å². The quantitative estimate of drug-likeness (QED) is 0.880. The highest BCUT2D eigenvalue weighted by Crippen LogP contribution is 2.29. The number of carbonyl (C=O) groups excluding carboxylic acids is 1. The summed E-state index contributed by atoms with van der Waals surface area (Å²) in [6.07, 6.45) is 7.71. The minimum absolute atomic E-state index is 0.0647. The number of rotatable bonds is 4. The summed E-state index contributed by atoms with van der Waals surface area (Å²) in [5.41, 5.74) is 2.23. The highest BCUT2D eigenvalue weighted by Gasteiger charge is 2.26. The van der Waals surface area contributed by atoms with Crippen molar-refractivity contribution in [2.45, 2.75) is 38.3 Å². The van der Waals surface area contributed by atoms with E-state index in [1.165, 1.54) is 0 Å². The largest absolute Gasteiger partial charge is 0.478 e. The first-order valence-corrected chi connectivity index (χ1v) is 8.92. The van der Waals surface area contributed by atoms with Gasteiger partial charge in [0.25, 0.3) is 0 Å². The van der Waals surface area contributed by atoms with E-state index in [-0.39, 0.29) is 17.6 Å². The summed E-state index contributed by atoms with van der Waals surface area (Å²) in [6.45, 7) is 1.11. The molecule has 0 aliphatic carbocycles. The second-order valence-corrected chi connectivity index (χ2v) is 6.50. The van der Waals surface area contributed by atoms with Crippen molar-refractivity contribution in [3.05, 3.63) is 65.5 Å². The zero-order valence-electron chi connectivity index (χ0n) is 14.6. The number of hydrogen-bond donors (Lipinski definition) is 2. The molecule has 2 N–H and O–H groups in total. The van der Waals surface area contributed by atoms with Crippen molar-refractivity contribution < 1.29 is 14.7 Å². The van der Waals surface area contributed by atoms with Gasteiger partial charge in [-0.15, -0.1) is 0 Å². The summed E-state index contributed by atoms with van der Waals surface area (Å²) in [5, 5.41) is 11.9. The van der Waals surface area contributed by atoms with Crippen LogP contribution in [0.5, 0.6) is 0 Å². The summed E-state index contributed by atoms with van der Waals surface area (Å²) in [4.78, 5) is 29.7. The van der Waals surface area contributed by atoms with Crippen LogP contribution in [0.25, 0.3) is 0 Å². The van der Waals surface area contributed by atoms with Crippen LogP contribution in [0.1, 0.15) is 53.2 Å². The van der Waals surface area contributed by atoms with Crippen molar-refractivity contribution in [1.82, 2.24) is 15.2 Å². The van der Waals surface area contributed by atoms with Crippen LogP contribution in [0.4, 0.5) is 4.79 Å². The molecule has 1 atom stereocenters. The molecule has 3 rings (SSSR count). The molecule has 6 nitrogen and oxygen atoms in total. The maximum atomic E-state index is 12.8. The van der Waals surface area contributed by atoms with Crippen molar-refractivity contribution in [2.75, 3.05) is 6.54 Å². The second-order valence-electron chi connectivity index (χ2n) is 6.50. The Morgan fingerprint density at radius 2 is 1.81 bits per heavy atom. The van der Waals surface area contributed by atoms with Gasteiger partial charge in [0.1, 0.15) is 0 Å². The number of carbonyl (C=O) groups is 2. The molecular formula is C20H23N3O3. The predicted molar refractivity (Wildman–Crippen MR) is 97.8 cm³/mol. The highest BCUT2D eigenvalue weighted by atomic mass is 16.4. The lowest BCUT2D eigenvalue weighted by molar-refractivity contribution is 0.0697. The first-order chi connectivity index (χ1) is 12.6. The SMILES string of the molecule is O=C(O)c1ccc(CNC(=O)N2CCCCCC2c2ccncc2)cc1. The fourth-order valence-corrected chi connectivity index (χ4v) is 3.33. The molecule has 1 aliphatic rings. The summed E-state index contributed by atoms with van der Waals surface area (Å²) >= 11 is 0. The molecule has 136 valence electrons. The van der Waals surface area contributed by atoms with E-state index in [4.69, 9.17) is 5.11 Å². The number of nitrogens with one attached hydrogen (secondary N) is 1. The Hall–Kier alpha value is -2.89. The van der Waals surface area contributed by atoms with E-state index in [9.17, 15) is 9.59 Å². The van der Waals surface area contributed by atoms with Gasteiger partial charge in [-0.3, -0.25) is 4.98 Å². The number of carboxylic acid groups (broad SMARTS) is 1. The van der Waals surface area contributed by atoms with Gasteiger partial charge in [0, 0.05) is 25.5 Å². The van der Waals surface area contributed by atoms with Gasteiger partial charge in [-0.2, -0.15) is 0 Å². The minimum Gasteiger partial charge on any atom is -0.478 e. The average molecular weight is 353 g/mol. The molecule has 1 saturated heterocycles. The van der Waals surface area contributed by atoms with Gasteiger partial charge in [-0.25, -0.2) is 9.59 Å². The van der Waals surface area contributed by atoms with E-state index < -0.39 is 5.97 Å². The smallest absolute Gasteiger partial charge is 0.335 e. The Balaban J connectivity index is 1.67. The Bertz CT molecular complexity index is 747. The van der Waals surface area contributed by atoms with Crippen molar-refractivity contribution in [3.8, 4) is 0 Å². The van der Waals surface area contributed by atoms with E-state index in [0.29, 0.717) is 6.54 Å². The average Bonchev–Trinajstić information content (AvgIpc) is 2.93. The van der Waals surface area contributed by atoms with Gasteiger partial charge in [0.05, 0.1) is 11.6 Å². The van der Waals surface area contributed by atoms with Crippen LogP contribution in [-0.4, -0.2) is 33.5 Å². The second kappa shape index (κ2) is 8.47. The summed E-state index contributed by atoms with van der Waals surface area (Å²) in [7, 11) is 0. The molecule has 2 amide bonds. The number of pyridine rings is 1. The third-order valence-corrected chi connectivity index (χ3v) is 4.75. The van der Waals surface area contributed by atoms with Gasteiger partial charge in [-0.1, -0.05) is 25.0 Å². The molecule has 1 unspecified atom stereocenters. The monoisotopic (exact) mass is 353 g/mol. The number of aromatic nitrogens is 1. The van der Waals surface area contributed by atoms with Crippen LogP contribution in [-0.2, 0) is 6.54 Å². The summed E-state index contributed by atoms with van der Waals surface area (Å²) < 4.78 is 0. The van der Waals surface area contributed by atoms with Gasteiger partial charge in [-0.05, 0) is 48.2 Å². The van der Waals surface area contributed by atoms with Crippen LogP contribution in [0.15, 0.2) is 48.8 Å². The zero-order valence-corrected chi connectivity index (χ0v) is 14.6. The molecule has 0 spiro atoms. The molecule has 0 saturated carbocycles. The fourth-order valence-electron chi connectivity index (χ4n) is 3.33. The molecule has 2 aromatic rings. The topological polar surface area (TPSA) is 82.5 Å². The van der Waals surface area contributed by atoms with Crippen LogP contribution in [0.3, 0.4) is 0 Å². The fraction of sp³-hybridized carbons (Fsp3) is 0.350. The number of benzene rings is 1. The molecule has 1 fully saturated rings. The first kappa shape index (κ1) is 17.9. The molecular weight excluding hydrogens is 330 g/mol. The van der Waals surface area contributed by atoms with E-state index in [1.807, 2.05) is 17.0 Å². The predicted octanol–water partition coefficient (Wildman–Crippen LogP) is 3.61. The van der Waals surface area contributed by atoms with Gasteiger partial charge in [0.2, 0.25) is 0 Å². The first-order valence-electron chi connectivity index (χ1n) is 8.92. The molecule has 2 heterocycles. The van der Waals surface area contributed by atoms with Crippen molar-refractivity contribution in [1.29, 1.82) is 0 Å². The van der Waals surface area contributed by atoms with Crippen molar-refractivity contribution in [2.24, 2.45) is 0 Å². The van der Waals surface area contributed by atoms with Crippen LogP contribution in [0, 0.1) is 0 Å². The number of urea groups is 1. The molecule has 0 bridgehead atoms. The molecule has 0 radical (unpaired) electrons. The number of likely N-dealkylation sites (tertiary alicyclic amines) is 1. The third-order valence-electron chi connectivity index (χ3n) is 4.75. The number of hydrogen-bond acceptors (Lipinski definition) is 3. The number of aromatic carboxylic acids is 1. The van der Waals surface area contributed by atoms with Crippen LogP contribution < -0.4 is 5.32 Å². The lowest BCUT2D eigenvalue weighted by Crippen LogP contribution is -2.41. The van der Waals surface area contributed by atoms with Gasteiger partial charge >= 0.3 is 12.0 Å². The third kappa shape index (κ3) is 4.39. The molecule has 1 aliphatic heterocycles. The zero-order chi connectivity index (χ0) is 18.4. The summed E-state index contributed by atoms with van der Waals surface area (Å²) in [6, 6.07) is 10.5. The Morgan fingerprint density at radius 1 is 1.08 bits per heavy atom. The maximum absolute atomic E-state index is 12.8. The molecule has 6 heteroatoms. The lowest BCUT2D eigenvalue weighted by atomic mass is 10.0. The Morgan fingerprint density at radius 3 is 2.50 bits per heavy atom. The van der Waals surface area contributed by atoms with E-state index in [1.54, 1.807) is 36.7 Å². The van der Waals surface area contributed by atoms with Crippen molar-refractivity contribution in [3.63, 3.8) is 0 Å². The van der Waals surface area contributed by atoms with E-state index in [2.05, 4.69) is 10.3 Å². The van der Waals surface area contributed by atoms with Gasteiger partial charge < -0.3 is 15.3 Å². The van der Waals surface area contributed by atoms with E-state index >= 15 is 0 Å². The number of nitrogens with zero attached hydrogens (tertiary/aromatic N) is 2. The standard InChI is InChI=1S/C20H23N3O3/c24-19(25)17-7-5-15(6-8-17)14-22-20(26)23-13-3-1-2-4-18(23)16-9-11-21-12-10-16/h5-12,18H,1-4,13-14H2,(H,22,26)(H,24,25). The van der Waals surface area contributed by atoms with Crippen LogP contribution in [0.2, 0.25) is 0 Å². The molecule has 26 heavy (non-hydrogen) atoms. The van der Waals surface area contributed by atoms with E-state index in [0.717, 1.165) is 43.4 Å². The van der Waals surface area contributed by atoms with Gasteiger partial charge in [0.15, 0.2) is 0 Å². The van der Waals surface area contributed by atoms with Crippen LogP contribution >= 0.6 is 0 Å². The maximum Gasteiger partial charge on any atom is 0.335 e. The normalized spacial score (nSPS) is 17.4. The number of carboxylic acids is 1. The highest BCUT2D eigenvalue weighted by molar-refractivity contribution is 5.87. The Kier molecular flexibility index (Phi) is 5.84.